The number of Topliss-reactive ketones (excluding diaryl/α,β-unsaturated/α-hetero) is 1. The first kappa shape index (κ1) is 15.6. The van der Waals surface area contributed by atoms with Crippen molar-refractivity contribution < 1.29 is 28.8 Å². The molecule has 0 saturated carbocycles. The third-order valence-electron chi connectivity index (χ3n) is 3.75. The van der Waals surface area contributed by atoms with Crippen molar-refractivity contribution in [2.45, 2.75) is 50.8 Å². The summed E-state index contributed by atoms with van der Waals surface area (Å²) in [5.41, 5.74) is 0.985. The lowest BCUT2D eigenvalue weighted by atomic mass is 10.1. The van der Waals surface area contributed by atoms with Crippen LogP contribution in [0, 0.1) is 0 Å². The summed E-state index contributed by atoms with van der Waals surface area (Å²) < 4.78 is 22.9. The maximum atomic E-state index is 11.9. The van der Waals surface area contributed by atoms with Crippen LogP contribution in [0.4, 0.5) is 0 Å². The number of carbonyl (C=O) groups is 1. The molecule has 3 rings (SSSR count). The van der Waals surface area contributed by atoms with E-state index in [4.69, 9.17) is 24.1 Å². The number of ketones is 1. The summed E-state index contributed by atoms with van der Waals surface area (Å²) >= 11 is 0. The first-order valence-corrected chi connectivity index (χ1v) is 7.30. The molecule has 1 N–H and O–H groups in total. The zero-order chi connectivity index (χ0) is 15.7. The molecule has 120 valence electrons. The van der Waals surface area contributed by atoms with Gasteiger partial charge in [0.2, 0.25) is 0 Å². The highest BCUT2D eigenvalue weighted by atomic mass is 16.8. The molecule has 0 bridgehead atoms. The summed E-state index contributed by atoms with van der Waals surface area (Å²) in [5, 5.41) is 9.10. The summed E-state index contributed by atoms with van der Waals surface area (Å²) in [4.78, 5) is 11.9. The SMILES string of the molecule is CC1(C)O[C@H]2O[C@H](C(=O)CO)[C@H](OCc3ccccc3)[C@H]2O1. The van der Waals surface area contributed by atoms with Gasteiger partial charge in [0.1, 0.15) is 18.8 Å². The highest BCUT2D eigenvalue weighted by molar-refractivity contribution is 5.85. The largest absolute Gasteiger partial charge is 0.388 e. The molecular weight excluding hydrogens is 288 g/mol. The molecule has 22 heavy (non-hydrogen) atoms. The Kier molecular flexibility index (Phi) is 4.29. The standard InChI is InChI=1S/C16H20O6/c1-16(2)21-14-13(19-9-10-6-4-3-5-7-10)12(11(18)8-17)20-15(14)22-16/h3-7,12-15,17H,8-9H2,1-2H3/t12-,13+,14-,15-/m1/s1. The molecule has 4 atom stereocenters. The molecular formula is C16H20O6. The van der Waals surface area contributed by atoms with Crippen LogP contribution in [0.15, 0.2) is 30.3 Å². The topological polar surface area (TPSA) is 74.2 Å². The molecule has 0 aliphatic carbocycles. The van der Waals surface area contributed by atoms with Gasteiger partial charge >= 0.3 is 0 Å². The summed E-state index contributed by atoms with van der Waals surface area (Å²) in [6.07, 6.45) is -2.62. The number of carbonyl (C=O) groups excluding carboxylic acids is 1. The van der Waals surface area contributed by atoms with Crippen molar-refractivity contribution in [3.8, 4) is 0 Å². The van der Waals surface area contributed by atoms with Crippen LogP contribution in [-0.2, 0) is 30.3 Å². The summed E-state index contributed by atoms with van der Waals surface area (Å²) in [5.74, 6) is -1.21. The summed E-state index contributed by atoms with van der Waals surface area (Å²) in [6.45, 7) is 3.30. The van der Waals surface area contributed by atoms with Crippen molar-refractivity contribution in [3.05, 3.63) is 35.9 Å². The van der Waals surface area contributed by atoms with E-state index in [9.17, 15) is 4.79 Å². The maximum Gasteiger partial charge on any atom is 0.190 e. The Hall–Kier alpha value is -1.31. The van der Waals surface area contributed by atoms with Crippen molar-refractivity contribution in [2.24, 2.45) is 0 Å². The van der Waals surface area contributed by atoms with Crippen LogP contribution in [0.5, 0.6) is 0 Å². The minimum atomic E-state index is -0.875. The van der Waals surface area contributed by atoms with Gasteiger partial charge in [-0.1, -0.05) is 30.3 Å². The number of rotatable bonds is 5. The monoisotopic (exact) mass is 308 g/mol. The van der Waals surface area contributed by atoms with E-state index >= 15 is 0 Å². The number of hydrogen-bond acceptors (Lipinski definition) is 6. The number of benzene rings is 1. The van der Waals surface area contributed by atoms with E-state index in [1.165, 1.54) is 0 Å². The van der Waals surface area contributed by atoms with Gasteiger partial charge in [0, 0.05) is 0 Å². The highest BCUT2D eigenvalue weighted by Crippen LogP contribution is 2.39. The van der Waals surface area contributed by atoms with Crippen molar-refractivity contribution in [2.75, 3.05) is 6.61 Å². The zero-order valence-corrected chi connectivity index (χ0v) is 12.6. The average Bonchev–Trinajstić information content (AvgIpc) is 2.97. The molecule has 1 aromatic rings. The van der Waals surface area contributed by atoms with Crippen LogP contribution < -0.4 is 0 Å². The third-order valence-corrected chi connectivity index (χ3v) is 3.75. The lowest BCUT2D eigenvalue weighted by Gasteiger charge is -2.25. The first-order valence-electron chi connectivity index (χ1n) is 7.30. The fourth-order valence-electron chi connectivity index (χ4n) is 2.78. The molecule has 0 amide bonds. The lowest BCUT2D eigenvalue weighted by molar-refractivity contribution is -0.218. The lowest BCUT2D eigenvalue weighted by Crippen LogP contribution is -2.41. The Labute approximate surface area is 128 Å². The zero-order valence-electron chi connectivity index (χ0n) is 12.6. The molecule has 0 aromatic heterocycles. The first-order chi connectivity index (χ1) is 10.5. The molecule has 0 radical (unpaired) electrons. The van der Waals surface area contributed by atoms with E-state index in [1.807, 2.05) is 30.3 Å². The van der Waals surface area contributed by atoms with Gasteiger partial charge in [0.15, 0.2) is 24.0 Å². The normalized spacial score (nSPS) is 32.9. The Morgan fingerprint density at radius 3 is 2.68 bits per heavy atom. The van der Waals surface area contributed by atoms with Gasteiger partial charge < -0.3 is 24.1 Å². The van der Waals surface area contributed by atoms with Gasteiger partial charge in [0.25, 0.3) is 0 Å². The number of fused-ring (bicyclic) bond motifs is 1. The van der Waals surface area contributed by atoms with Crippen LogP contribution >= 0.6 is 0 Å². The smallest absolute Gasteiger partial charge is 0.190 e. The molecule has 0 unspecified atom stereocenters. The fraction of sp³-hybridized carbons (Fsp3) is 0.562. The number of aliphatic hydroxyl groups is 1. The van der Waals surface area contributed by atoms with Gasteiger partial charge in [-0.15, -0.1) is 0 Å². The van der Waals surface area contributed by atoms with Gasteiger partial charge in [-0.2, -0.15) is 0 Å². The third kappa shape index (κ3) is 3.06. The van der Waals surface area contributed by atoms with Crippen molar-refractivity contribution >= 4 is 5.78 Å². The van der Waals surface area contributed by atoms with E-state index in [1.54, 1.807) is 13.8 Å². The summed E-state index contributed by atoms with van der Waals surface area (Å²) in [7, 11) is 0. The molecule has 2 aliphatic rings. The van der Waals surface area contributed by atoms with Crippen LogP contribution in [0.1, 0.15) is 19.4 Å². The van der Waals surface area contributed by atoms with Crippen molar-refractivity contribution in [3.63, 3.8) is 0 Å². The van der Waals surface area contributed by atoms with Crippen LogP contribution in [0.25, 0.3) is 0 Å². The van der Waals surface area contributed by atoms with Gasteiger partial charge in [0.05, 0.1) is 6.61 Å². The molecule has 1 aromatic carbocycles. The second-order valence-corrected chi connectivity index (χ2v) is 5.91. The van der Waals surface area contributed by atoms with Crippen molar-refractivity contribution in [1.82, 2.24) is 0 Å². The number of aliphatic hydroxyl groups excluding tert-OH is 1. The predicted octanol–water partition coefficient (Wildman–Crippen LogP) is 1.01. The van der Waals surface area contributed by atoms with E-state index in [2.05, 4.69) is 0 Å². The highest BCUT2D eigenvalue weighted by Gasteiger charge is 2.57. The second kappa shape index (κ2) is 6.06. The van der Waals surface area contributed by atoms with E-state index in [-0.39, 0.29) is 0 Å². The summed E-state index contributed by atoms with van der Waals surface area (Å²) in [6, 6.07) is 9.63. The average molecular weight is 308 g/mol. The maximum absolute atomic E-state index is 11.9. The molecule has 2 saturated heterocycles. The van der Waals surface area contributed by atoms with Crippen molar-refractivity contribution in [1.29, 1.82) is 0 Å². The molecule has 2 aliphatic heterocycles. The predicted molar refractivity (Wildman–Crippen MR) is 75.8 cm³/mol. The van der Waals surface area contributed by atoms with Crippen LogP contribution in [0.2, 0.25) is 0 Å². The van der Waals surface area contributed by atoms with Gasteiger partial charge in [-0.05, 0) is 19.4 Å². The van der Waals surface area contributed by atoms with E-state index in [0.717, 1.165) is 5.56 Å². The molecule has 2 heterocycles. The Morgan fingerprint density at radius 1 is 1.27 bits per heavy atom. The van der Waals surface area contributed by atoms with Crippen LogP contribution in [-0.4, -0.2) is 47.9 Å². The molecule has 2 fully saturated rings. The minimum absolute atomic E-state index is 0.330. The Morgan fingerprint density at radius 2 is 2.00 bits per heavy atom. The van der Waals surface area contributed by atoms with Gasteiger partial charge in [-0.3, -0.25) is 4.79 Å². The van der Waals surface area contributed by atoms with E-state index in [0.29, 0.717) is 6.61 Å². The second-order valence-electron chi connectivity index (χ2n) is 5.91. The van der Waals surface area contributed by atoms with Crippen LogP contribution in [0.3, 0.4) is 0 Å². The molecule has 6 nitrogen and oxygen atoms in total. The number of ether oxygens (including phenoxy) is 4. The quantitative estimate of drug-likeness (QED) is 0.875. The number of hydrogen-bond donors (Lipinski definition) is 1. The Balaban J connectivity index is 1.73. The fourth-order valence-corrected chi connectivity index (χ4v) is 2.78. The minimum Gasteiger partial charge on any atom is -0.388 e. The molecule has 6 heteroatoms. The van der Waals surface area contributed by atoms with E-state index < -0.39 is 42.8 Å². The molecule has 0 spiro atoms. The van der Waals surface area contributed by atoms with Gasteiger partial charge in [-0.25, -0.2) is 0 Å². The Bertz CT molecular complexity index is 529.